The van der Waals surface area contributed by atoms with Crippen LogP contribution in [0.5, 0.6) is 0 Å². The molecule has 1 aliphatic rings. The van der Waals surface area contributed by atoms with E-state index in [1.54, 1.807) is 18.2 Å². The Morgan fingerprint density at radius 2 is 2.06 bits per heavy atom. The molecule has 0 saturated carbocycles. The van der Waals surface area contributed by atoms with Gasteiger partial charge < -0.3 is 5.32 Å². The van der Waals surface area contributed by atoms with Crippen molar-refractivity contribution in [3.05, 3.63) is 69.8 Å². The molecule has 176 valence electrons. The molecule has 34 heavy (non-hydrogen) atoms. The summed E-state index contributed by atoms with van der Waals surface area (Å²) >= 11 is 6.97. The van der Waals surface area contributed by atoms with Gasteiger partial charge in [-0.05, 0) is 42.8 Å². The monoisotopic (exact) mass is 523 g/mol. The Hall–Kier alpha value is -2.95. The molecule has 1 aromatic carbocycles. The lowest BCUT2D eigenvalue weighted by Crippen LogP contribution is -2.55. The van der Waals surface area contributed by atoms with Crippen molar-refractivity contribution in [2.75, 3.05) is 12.4 Å². The maximum atomic E-state index is 14.0. The number of pyridine rings is 1. The number of benzene rings is 1. The molecular weight excluding hydrogens is 508 g/mol. The molecule has 0 bridgehead atoms. The average Bonchev–Trinajstić information content (AvgIpc) is 3.28. The van der Waals surface area contributed by atoms with Crippen molar-refractivity contribution >= 4 is 44.7 Å². The third-order valence-electron chi connectivity index (χ3n) is 5.26. The van der Waals surface area contributed by atoms with Gasteiger partial charge in [0.25, 0.3) is 10.2 Å². The van der Waals surface area contributed by atoms with Crippen LogP contribution < -0.4 is 10.0 Å². The zero-order chi connectivity index (χ0) is 24.6. The van der Waals surface area contributed by atoms with Gasteiger partial charge in [0.1, 0.15) is 17.9 Å². The van der Waals surface area contributed by atoms with E-state index in [0.717, 1.165) is 10.4 Å². The second-order valence-electron chi connectivity index (χ2n) is 7.43. The molecule has 1 fully saturated rings. The van der Waals surface area contributed by atoms with E-state index >= 15 is 0 Å². The molecule has 2 N–H and O–H groups in total. The molecule has 2 atom stereocenters. The Balaban J connectivity index is 1.58. The van der Waals surface area contributed by atoms with E-state index in [1.165, 1.54) is 42.8 Å². The lowest BCUT2D eigenvalue weighted by Gasteiger charge is -2.35. The highest BCUT2D eigenvalue weighted by Crippen LogP contribution is 2.36. The summed E-state index contributed by atoms with van der Waals surface area (Å²) in [5, 5.41) is 11.2. The summed E-state index contributed by atoms with van der Waals surface area (Å²) in [6.07, 6.45) is 1.47. The smallest absolute Gasteiger partial charge is 0.280 e. The summed E-state index contributed by atoms with van der Waals surface area (Å²) in [6, 6.07) is 8.08. The second kappa shape index (κ2) is 9.36. The first-order chi connectivity index (χ1) is 16.1. The predicted octanol–water partition coefficient (Wildman–Crippen LogP) is 3.83. The van der Waals surface area contributed by atoms with E-state index in [0.29, 0.717) is 15.3 Å². The Morgan fingerprint density at radius 3 is 2.74 bits per heavy atom. The maximum absolute atomic E-state index is 14.0. The molecule has 8 nitrogen and oxygen atoms in total. The van der Waals surface area contributed by atoms with Gasteiger partial charge in [-0.15, -0.1) is 11.3 Å². The fourth-order valence-corrected chi connectivity index (χ4v) is 6.02. The number of anilines is 1. The lowest BCUT2D eigenvalue weighted by molar-refractivity contribution is -0.120. The van der Waals surface area contributed by atoms with Gasteiger partial charge in [-0.1, -0.05) is 11.6 Å². The third kappa shape index (κ3) is 4.79. The van der Waals surface area contributed by atoms with Crippen molar-refractivity contribution in [2.45, 2.75) is 18.5 Å². The number of likely N-dealkylation sites (N-methyl/N-ethyl adjacent to an activating group) is 1. The summed E-state index contributed by atoms with van der Waals surface area (Å²) in [7, 11) is -2.71. The molecule has 0 aliphatic carbocycles. The van der Waals surface area contributed by atoms with Crippen LogP contribution in [0, 0.1) is 23.0 Å². The molecule has 1 saturated heterocycles. The number of halogens is 3. The van der Waals surface area contributed by atoms with E-state index in [4.69, 9.17) is 16.9 Å². The van der Waals surface area contributed by atoms with Crippen LogP contribution in [-0.2, 0) is 15.0 Å². The number of hydrogen-bond acceptors (Lipinski definition) is 6. The van der Waals surface area contributed by atoms with Crippen molar-refractivity contribution in [1.82, 2.24) is 14.0 Å². The highest BCUT2D eigenvalue weighted by atomic mass is 35.5. The summed E-state index contributed by atoms with van der Waals surface area (Å²) < 4.78 is 56.2. The summed E-state index contributed by atoms with van der Waals surface area (Å²) in [4.78, 5) is 17.9. The van der Waals surface area contributed by atoms with Crippen LogP contribution in [0.15, 0.2) is 42.6 Å². The SMILES string of the molecule is CN1[C@@H](C(=O)Nc2ccc(F)c(Cl)c2)C[C@@H](c2ccc(-c3cnc(C#N)c(F)c3)s2)NS1(=O)=O. The van der Waals surface area contributed by atoms with Crippen molar-refractivity contribution in [3.8, 4) is 16.5 Å². The summed E-state index contributed by atoms with van der Waals surface area (Å²) in [5.41, 5.74) is 0.344. The molecule has 1 amide bonds. The van der Waals surface area contributed by atoms with E-state index in [-0.39, 0.29) is 22.8 Å². The second-order valence-corrected chi connectivity index (χ2v) is 10.7. The van der Waals surface area contributed by atoms with Crippen LogP contribution in [0.3, 0.4) is 0 Å². The van der Waals surface area contributed by atoms with E-state index < -0.39 is 39.8 Å². The van der Waals surface area contributed by atoms with Gasteiger partial charge in [-0.25, -0.2) is 13.8 Å². The maximum Gasteiger partial charge on any atom is 0.280 e. The molecule has 0 radical (unpaired) electrons. The van der Waals surface area contributed by atoms with E-state index in [2.05, 4.69) is 15.0 Å². The number of rotatable bonds is 4. The van der Waals surface area contributed by atoms with Crippen molar-refractivity contribution in [3.63, 3.8) is 0 Å². The van der Waals surface area contributed by atoms with Crippen molar-refractivity contribution in [1.29, 1.82) is 5.26 Å². The van der Waals surface area contributed by atoms with Crippen molar-refractivity contribution in [2.24, 2.45) is 0 Å². The Morgan fingerprint density at radius 1 is 1.29 bits per heavy atom. The Bertz CT molecular complexity index is 1420. The lowest BCUT2D eigenvalue weighted by atomic mass is 10.1. The van der Waals surface area contributed by atoms with Crippen molar-refractivity contribution < 1.29 is 22.0 Å². The normalized spacial score (nSPS) is 20.0. The molecule has 13 heteroatoms. The van der Waals surface area contributed by atoms with E-state index in [1.807, 2.05) is 0 Å². The number of carbonyl (C=O) groups is 1. The molecule has 0 spiro atoms. The van der Waals surface area contributed by atoms with Crippen LogP contribution >= 0.6 is 22.9 Å². The number of thiophene rings is 1. The van der Waals surface area contributed by atoms with E-state index in [9.17, 15) is 22.0 Å². The van der Waals surface area contributed by atoms with Crippen LogP contribution in [0.25, 0.3) is 10.4 Å². The molecule has 1 aliphatic heterocycles. The number of carbonyl (C=O) groups excluding carboxylic acids is 1. The number of nitrogens with one attached hydrogen (secondary N) is 2. The van der Waals surface area contributed by atoms with Crippen LogP contribution in [0.4, 0.5) is 14.5 Å². The molecular formula is C21H16ClF2N5O3S2. The van der Waals surface area contributed by atoms with Gasteiger partial charge in [0.05, 0.1) is 11.1 Å². The zero-order valence-corrected chi connectivity index (χ0v) is 19.8. The predicted molar refractivity (Wildman–Crippen MR) is 123 cm³/mol. The highest BCUT2D eigenvalue weighted by molar-refractivity contribution is 7.87. The van der Waals surface area contributed by atoms with Gasteiger partial charge in [0.2, 0.25) is 5.91 Å². The van der Waals surface area contributed by atoms with Crippen LogP contribution in [0.1, 0.15) is 23.0 Å². The van der Waals surface area contributed by atoms with Crippen LogP contribution in [-0.4, -0.2) is 36.7 Å². The first kappa shape index (κ1) is 24.2. The van der Waals surface area contributed by atoms with Gasteiger partial charge in [-0.3, -0.25) is 4.79 Å². The number of aromatic nitrogens is 1. The van der Waals surface area contributed by atoms with Gasteiger partial charge >= 0.3 is 0 Å². The largest absolute Gasteiger partial charge is 0.325 e. The fourth-order valence-electron chi connectivity index (χ4n) is 3.45. The molecule has 3 aromatic rings. The standard InChI is InChI=1S/C21H16ClF2N5O3S2/c1-29-18(21(30)27-12-2-3-14(23)13(22)7-12)8-16(28-34(29,31)32)20-5-4-19(33-20)11-6-15(24)17(9-25)26-10-11/h2-7,10,16,18,28H,8H2,1H3,(H,27,30)/t16-,18+/m0/s1. The first-order valence-electron chi connectivity index (χ1n) is 9.76. The van der Waals surface area contributed by atoms with Gasteiger partial charge in [-0.2, -0.15) is 22.7 Å². The first-order valence-corrected chi connectivity index (χ1v) is 12.4. The topological polar surface area (TPSA) is 115 Å². The highest BCUT2D eigenvalue weighted by Gasteiger charge is 2.41. The quantitative estimate of drug-likeness (QED) is 0.539. The molecule has 4 rings (SSSR count). The average molecular weight is 524 g/mol. The number of amides is 1. The summed E-state index contributed by atoms with van der Waals surface area (Å²) in [6.45, 7) is 0. The summed E-state index contributed by atoms with van der Waals surface area (Å²) in [5.74, 6) is -2.00. The third-order valence-corrected chi connectivity index (χ3v) is 8.39. The van der Waals surface area contributed by atoms with Gasteiger partial charge in [0, 0.05) is 34.2 Å². The number of nitrogens with zero attached hydrogens (tertiary/aromatic N) is 3. The minimum absolute atomic E-state index is 0.108. The number of hydrogen-bond donors (Lipinski definition) is 2. The zero-order valence-electron chi connectivity index (χ0n) is 17.4. The minimum Gasteiger partial charge on any atom is -0.325 e. The molecule has 3 heterocycles. The minimum atomic E-state index is -4.00. The Labute approximate surface area is 203 Å². The molecule has 0 unspecified atom stereocenters. The van der Waals surface area contributed by atoms with Crippen LogP contribution in [0.2, 0.25) is 5.02 Å². The Kier molecular flexibility index (Phi) is 6.66. The number of nitriles is 1. The molecule has 2 aromatic heterocycles. The fraction of sp³-hybridized carbons (Fsp3) is 0.190. The van der Waals surface area contributed by atoms with Gasteiger partial charge in [0.15, 0.2) is 11.5 Å².